The molecular formula is C18H21NO4. The van der Waals surface area contributed by atoms with Crippen molar-refractivity contribution >= 4 is 5.91 Å². The molecule has 0 fully saturated rings. The van der Waals surface area contributed by atoms with Crippen LogP contribution in [-0.4, -0.2) is 33.8 Å². The largest absolute Gasteiger partial charge is 0.497 e. The van der Waals surface area contributed by atoms with Gasteiger partial charge in [-0.3, -0.25) is 4.79 Å². The van der Waals surface area contributed by atoms with Crippen molar-refractivity contribution in [2.24, 2.45) is 0 Å². The summed E-state index contributed by atoms with van der Waals surface area (Å²) in [6, 6.07) is 14.5. The first-order valence-electron chi connectivity index (χ1n) is 7.27. The molecule has 0 spiro atoms. The molecule has 122 valence electrons. The number of hydrogen-bond acceptors (Lipinski definition) is 4. The quantitative estimate of drug-likeness (QED) is 0.853. The number of benzene rings is 2. The van der Waals surface area contributed by atoms with E-state index in [1.807, 2.05) is 24.3 Å². The highest BCUT2D eigenvalue weighted by molar-refractivity contribution is 5.94. The predicted octanol–water partition coefficient (Wildman–Crippen LogP) is 2.82. The highest BCUT2D eigenvalue weighted by atomic mass is 16.5. The number of hydrogen-bond donors (Lipinski definition) is 1. The van der Waals surface area contributed by atoms with Gasteiger partial charge in [-0.1, -0.05) is 18.2 Å². The highest BCUT2D eigenvalue weighted by Gasteiger charge is 2.16. The van der Waals surface area contributed by atoms with Gasteiger partial charge in [0, 0.05) is 24.8 Å². The Morgan fingerprint density at radius 1 is 1.00 bits per heavy atom. The molecule has 2 rings (SSSR count). The summed E-state index contributed by atoms with van der Waals surface area (Å²) < 4.78 is 15.9. The van der Waals surface area contributed by atoms with Crippen LogP contribution in [0.25, 0.3) is 0 Å². The summed E-state index contributed by atoms with van der Waals surface area (Å²) in [5, 5.41) is 2.88. The lowest BCUT2D eigenvalue weighted by Gasteiger charge is -2.19. The van der Waals surface area contributed by atoms with Crippen LogP contribution in [-0.2, 0) is 4.74 Å². The van der Waals surface area contributed by atoms with Crippen LogP contribution in [0.1, 0.15) is 22.0 Å². The first-order valence-corrected chi connectivity index (χ1v) is 7.27. The molecule has 0 bridgehead atoms. The summed E-state index contributed by atoms with van der Waals surface area (Å²) in [5.74, 6) is 1.29. The van der Waals surface area contributed by atoms with Gasteiger partial charge in [0.2, 0.25) is 0 Å². The standard InChI is InChI=1S/C18H21NO4/c1-21-14-10-8-13(9-11-14)18(20)19-12-17(23-3)15-6-4-5-7-16(15)22-2/h4-11,17H,12H2,1-3H3,(H,19,20). The van der Waals surface area contributed by atoms with Crippen molar-refractivity contribution in [2.75, 3.05) is 27.9 Å². The van der Waals surface area contributed by atoms with E-state index in [4.69, 9.17) is 14.2 Å². The molecule has 0 aliphatic heterocycles. The smallest absolute Gasteiger partial charge is 0.251 e. The summed E-state index contributed by atoms with van der Waals surface area (Å²) in [6.07, 6.45) is -0.284. The van der Waals surface area contributed by atoms with Crippen molar-refractivity contribution in [2.45, 2.75) is 6.10 Å². The van der Waals surface area contributed by atoms with Crippen LogP contribution in [0.3, 0.4) is 0 Å². The first kappa shape index (κ1) is 16.8. The third kappa shape index (κ3) is 4.23. The zero-order chi connectivity index (χ0) is 16.7. The lowest BCUT2D eigenvalue weighted by Crippen LogP contribution is -2.29. The normalized spacial score (nSPS) is 11.6. The van der Waals surface area contributed by atoms with E-state index < -0.39 is 0 Å². The molecule has 2 aromatic rings. The molecule has 0 aromatic heterocycles. The Balaban J connectivity index is 2.03. The Labute approximate surface area is 136 Å². The van der Waals surface area contributed by atoms with Gasteiger partial charge < -0.3 is 19.5 Å². The minimum atomic E-state index is -0.284. The molecule has 23 heavy (non-hydrogen) atoms. The molecule has 1 unspecified atom stereocenters. The Morgan fingerprint density at radius 2 is 1.70 bits per heavy atom. The molecule has 5 nitrogen and oxygen atoms in total. The van der Waals surface area contributed by atoms with Gasteiger partial charge >= 0.3 is 0 Å². The maximum absolute atomic E-state index is 12.2. The molecular weight excluding hydrogens is 294 g/mol. The van der Waals surface area contributed by atoms with E-state index in [-0.39, 0.29) is 12.0 Å². The van der Waals surface area contributed by atoms with Gasteiger partial charge in [-0.25, -0.2) is 0 Å². The Hall–Kier alpha value is -2.53. The minimum absolute atomic E-state index is 0.162. The molecule has 0 saturated heterocycles. The van der Waals surface area contributed by atoms with Gasteiger partial charge in [-0.2, -0.15) is 0 Å². The van der Waals surface area contributed by atoms with Crippen LogP contribution < -0.4 is 14.8 Å². The fourth-order valence-electron chi connectivity index (χ4n) is 2.28. The van der Waals surface area contributed by atoms with Crippen molar-refractivity contribution < 1.29 is 19.0 Å². The fraction of sp³-hybridized carbons (Fsp3) is 0.278. The molecule has 0 heterocycles. The zero-order valence-electron chi connectivity index (χ0n) is 13.5. The number of rotatable bonds is 7. The monoisotopic (exact) mass is 315 g/mol. The lowest BCUT2D eigenvalue weighted by atomic mass is 10.1. The van der Waals surface area contributed by atoms with E-state index in [0.717, 1.165) is 11.3 Å². The third-order valence-electron chi connectivity index (χ3n) is 3.57. The van der Waals surface area contributed by atoms with Gasteiger partial charge in [0.25, 0.3) is 5.91 Å². The second kappa shape index (κ2) is 8.19. The molecule has 2 aromatic carbocycles. The fourth-order valence-corrected chi connectivity index (χ4v) is 2.28. The third-order valence-corrected chi connectivity index (χ3v) is 3.57. The van der Waals surface area contributed by atoms with Crippen LogP contribution >= 0.6 is 0 Å². The van der Waals surface area contributed by atoms with E-state index in [2.05, 4.69) is 5.32 Å². The molecule has 1 N–H and O–H groups in total. The average molecular weight is 315 g/mol. The lowest BCUT2D eigenvalue weighted by molar-refractivity contribution is 0.0819. The second-order valence-corrected chi connectivity index (χ2v) is 4.90. The van der Waals surface area contributed by atoms with Crippen molar-refractivity contribution in [3.63, 3.8) is 0 Å². The van der Waals surface area contributed by atoms with E-state index >= 15 is 0 Å². The number of nitrogens with one attached hydrogen (secondary N) is 1. The van der Waals surface area contributed by atoms with Crippen LogP contribution in [0, 0.1) is 0 Å². The number of carbonyl (C=O) groups excluding carboxylic acids is 1. The van der Waals surface area contributed by atoms with Crippen molar-refractivity contribution in [1.29, 1.82) is 0 Å². The second-order valence-electron chi connectivity index (χ2n) is 4.90. The molecule has 1 atom stereocenters. The summed E-state index contributed by atoms with van der Waals surface area (Å²) in [6.45, 7) is 0.349. The molecule has 5 heteroatoms. The summed E-state index contributed by atoms with van der Waals surface area (Å²) in [4.78, 5) is 12.2. The SMILES string of the molecule is COc1ccc(C(=O)NCC(OC)c2ccccc2OC)cc1. The number of para-hydroxylation sites is 1. The van der Waals surface area contributed by atoms with E-state index in [9.17, 15) is 4.79 Å². The maximum atomic E-state index is 12.2. The number of amides is 1. The van der Waals surface area contributed by atoms with Gasteiger partial charge in [0.05, 0.1) is 14.2 Å². The van der Waals surface area contributed by atoms with Gasteiger partial charge in [-0.05, 0) is 30.3 Å². The summed E-state index contributed by atoms with van der Waals surface area (Å²) in [7, 11) is 4.81. The average Bonchev–Trinajstić information content (AvgIpc) is 2.62. The van der Waals surface area contributed by atoms with E-state index in [0.29, 0.717) is 17.9 Å². The zero-order valence-corrected chi connectivity index (χ0v) is 13.5. The molecule has 0 saturated carbocycles. The first-order chi connectivity index (χ1) is 11.2. The maximum Gasteiger partial charge on any atom is 0.251 e. The highest BCUT2D eigenvalue weighted by Crippen LogP contribution is 2.26. The van der Waals surface area contributed by atoms with Crippen LogP contribution in [0.15, 0.2) is 48.5 Å². The van der Waals surface area contributed by atoms with Crippen LogP contribution in [0.5, 0.6) is 11.5 Å². The van der Waals surface area contributed by atoms with Gasteiger partial charge in [0.1, 0.15) is 17.6 Å². The number of carbonyl (C=O) groups is 1. The summed E-state index contributed by atoms with van der Waals surface area (Å²) >= 11 is 0. The Morgan fingerprint density at radius 3 is 2.30 bits per heavy atom. The van der Waals surface area contributed by atoms with Crippen molar-refractivity contribution in [3.8, 4) is 11.5 Å². The van der Waals surface area contributed by atoms with Crippen molar-refractivity contribution in [1.82, 2.24) is 5.32 Å². The van der Waals surface area contributed by atoms with Crippen LogP contribution in [0.2, 0.25) is 0 Å². The Bertz CT molecular complexity index is 640. The number of methoxy groups -OCH3 is 3. The Kier molecular flexibility index (Phi) is 6.00. The summed E-state index contributed by atoms with van der Waals surface area (Å²) in [5.41, 5.74) is 1.47. The van der Waals surface area contributed by atoms with Gasteiger partial charge in [0.15, 0.2) is 0 Å². The van der Waals surface area contributed by atoms with Crippen molar-refractivity contribution in [3.05, 3.63) is 59.7 Å². The predicted molar refractivity (Wildman–Crippen MR) is 88.1 cm³/mol. The van der Waals surface area contributed by atoms with E-state index in [1.54, 1.807) is 45.6 Å². The number of ether oxygens (including phenoxy) is 3. The van der Waals surface area contributed by atoms with Gasteiger partial charge in [-0.15, -0.1) is 0 Å². The molecule has 0 aliphatic rings. The molecule has 1 amide bonds. The molecule has 0 radical (unpaired) electrons. The molecule has 0 aliphatic carbocycles. The minimum Gasteiger partial charge on any atom is -0.497 e. The topological polar surface area (TPSA) is 56.8 Å². The van der Waals surface area contributed by atoms with Crippen LogP contribution in [0.4, 0.5) is 0 Å². The van der Waals surface area contributed by atoms with E-state index in [1.165, 1.54) is 0 Å².